The predicted molar refractivity (Wildman–Crippen MR) is 85.5 cm³/mol. The minimum absolute atomic E-state index is 0.105. The number of hydrogen-bond donors (Lipinski definition) is 3. The summed E-state index contributed by atoms with van der Waals surface area (Å²) < 4.78 is 5.19. The van der Waals surface area contributed by atoms with E-state index in [0.717, 1.165) is 17.5 Å². The molecule has 0 aliphatic carbocycles. The number of fused-ring (bicyclic) bond motifs is 1. The van der Waals surface area contributed by atoms with Crippen LogP contribution in [-0.4, -0.2) is 27.0 Å². The number of aromatic amines is 1. The van der Waals surface area contributed by atoms with E-state index in [9.17, 15) is 14.4 Å². The number of nitrogens with zero attached hydrogens (tertiary/aromatic N) is 1. The summed E-state index contributed by atoms with van der Waals surface area (Å²) in [7, 11) is 0. The van der Waals surface area contributed by atoms with Crippen LogP contribution in [0.5, 0.6) is 0 Å². The third-order valence-electron chi connectivity index (χ3n) is 3.67. The Morgan fingerprint density at radius 1 is 1.21 bits per heavy atom. The molecule has 2 aromatic heterocycles. The Hall–Kier alpha value is -3.42. The molecular formula is C16H13N3O5. The lowest BCUT2D eigenvalue weighted by molar-refractivity contribution is 0.0692. The summed E-state index contributed by atoms with van der Waals surface area (Å²) >= 11 is 0. The van der Waals surface area contributed by atoms with E-state index in [4.69, 9.17) is 9.52 Å². The molecule has 8 nitrogen and oxygen atoms in total. The molecule has 0 atom stereocenters. The Morgan fingerprint density at radius 3 is 2.62 bits per heavy atom. The number of hydrogen-bond acceptors (Lipinski definition) is 5. The molecule has 2 heterocycles. The van der Waals surface area contributed by atoms with Gasteiger partial charge < -0.3 is 19.8 Å². The third-order valence-corrected chi connectivity index (χ3v) is 3.67. The second-order valence-electron chi connectivity index (χ2n) is 5.31. The number of carbonyl (C=O) groups is 2. The number of carboxylic acid groups (broad SMARTS) is 1. The number of rotatable bonds is 3. The Labute approximate surface area is 135 Å². The van der Waals surface area contributed by atoms with E-state index in [1.807, 2.05) is 19.9 Å². The van der Waals surface area contributed by atoms with Crippen LogP contribution in [0.3, 0.4) is 0 Å². The van der Waals surface area contributed by atoms with Crippen molar-refractivity contribution in [2.24, 2.45) is 0 Å². The van der Waals surface area contributed by atoms with Gasteiger partial charge >= 0.3 is 11.6 Å². The zero-order chi connectivity index (χ0) is 17.4. The van der Waals surface area contributed by atoms with E-state index in [-0.39, 0.29) is 17.1 Å². The number of nitrogens with one attached hydrogen (secondary N) is 2. The van der Waals surface area contributed by atoms with Gasteiger partial charge in [-0.3, -0.25) is 4.79 Å². The lowest BCUT2D eigenvalue weighted by Crippen LogP contribution is -2.22. The van der Waals surface area contributed by atoms with Crippen molar-refractivity contribution in [3.63, 3.8) is 0 Å². The van der Waals surface area contributed by atoms with E-state index in [1.54, 1.807) is 6.07 Å². The third kappa shape index (κ3) is 2.65. The number of carboxylic acids is 1. The fraction of sp³-hybridized carbons (Fsp3) is 0.125. The van der Waals surface area contributed by atoms with E-state index in [0.29, 0.717) is 11.0 Å². The molecule has 3 N–H and O–H groups in total. The largest absolute Gasteiger partial charge is 0.476 e. The van der Waals surface area contributed by atoms with Crippen LogP contribution in [0.25, 0.3) is 11.0 Å². The van der Waals surface area contributed by atoms with Crippen LogP contribution in [0, 0.1) is 13.8 Å². The van der Waals surface area contributed by atoms with Crippen LogP contribution in [0.1, 0.15) is 32.0 Å². The molecule has 0 aliphatic rings. The molecule has 1 amide bonds. The first-order chi connectivity index (χ1) is 11.4. The number of aromatic nitrogens is 2. The van der Waals surface area contributed by atoms with Gasteiger partial charge in [-0.1, -0.05) is 0 Å². The van der Waals surface area contributed by atoms with Crippen molar-refractivity contribution in [2.45, 2.75) is 13.8 Å². The summed E-state index contributed by atoms with van der Waals surface area (Å²) in [4.78, 5) is 41.4. The first-order valence-corrected chi connectivity index (χ1v) is 7.00. The predicted octanol–water partition coefficient (Wildman–Crippen LogP) is 2.08. The van der Waals surface area contributed by atoms with Crippen molar-refractivity contribution < 1.29 is 19.1 Å². The zero-order valence-corrected chi connectivity index (χ0v) is 12.8. The van der Waals surface area contributed by atoms with Crippen molar-refractivity contribution >= 4 is 28.7 Å². The van der Waals surface area contributed by atoms with Crippen molar-refractivity contribution in [2.75, 3.05) is 5.32 Å². The number of H-pyrrole nitrogens is 1. The molecule has 8 heteroatoms. The number of amides is 1. The van der Waals surface area contributed by atoms with Gasteiger partial charge in [0, 0.05) is 5.39 Å². The average Bonchev–Trinajstić information content (AvgIpc) is 2.96. The lowest BCUT2D eigenvalue weighted by atomic mass is 10.1. The fourth-order valence-electron chi connectivity index (χ4n) is 2.27. The van der Waals surface area contributed by atoms with Crippen molar-refractivity contribution in [3.8, 4) is 0 Å². The number of aromatic carboxylic acids is 1. The maximum Gasteiger partial charge on any atom is 0.358 e. The van der Waals surface area contributed by atoms with Gasteiger partial charge in [0.25, 0.3) is 5.91 Å². The second-order valence-corrected chi connectivity index (χ2v) is 5.31. The first kappa shape index (κ1) is 15.5. The van der Waals surface area contributed by atoms with E-state index >= 15 is 0 Å². The molecule has 0 radical (unpaired) electrons. The summed E-state index contributed by atoms with van der Waals surface area (Å²) in [6.07, 6.45) is 1.13. The van der Waals surface area contributed by atoms with Crippen LogP contribution in [-0.2, 0) is 0 Å². The van der Waals surface area contributed by atoms with E-state index < -0.39 is 17.5 Å². The molecule has 0 unspecified atom stereocenters. The molecule has 3 aromatic rings. The van der Waals surface area contributed by atoms with Gasteiger partial charge in [0.15, 0.2) is 5.69 Å². The summed E-state index contributed by atoms with van der Waals surface area (Å²) in [5, 5.41) is 11.9. The smallest absolute Gasteiger partial charge is 0.358 e. The summed E-state index contributed by atoms with van der Waals surface area (Å²) in [5.41, 5.74) is 0.958. The molecular weight excluding hydrogens is 314 g/mol. The van der Waals surface area contributed by atoms with Gasteiger partial charge in [0.05, 0.1) is 6.33 Å². The zero-order valence-electron chi connectivity index (χ0n) is 12.8. The van der Waals surface area contributed by atoms with Crippen LogP contribution in [0.4, 0.5) is 5.82 Å². The normalized spacial score (nSPS) is 10.8. The highest BCUT2D eigenvalue weighted by atomic mass is 16.4. The molecule has 0 spiro atoms. The van der Waals surface area contributed by atoms with Crippen LogP contribution < -0.4 is 10.9 Å². The Kier molecular flexibility index (Phi) is 3.64. The number of imidazole rings is 1. The van der Waals surface area contributed by atoms with Gasteiger partial charge in [-0.15, -0.1) is 0 Å². The van der Waals surface area contributed by atoms with Crippen molar-refractivity contribution in [1.29, 1.82) is 0 Å². The molecule has 24 heavy (non-hydrogen) atoms. The van der Waals surface area contributed by atoms with Crippen LogP contribution >= 0.6 is 0 Å². The summed E-state index contributed by atoms with van der Waals surface area (Å²) in [5.74, 6) is -2.19. The first-order valence-electron chi connectivity index (χ1n) is 7.00. The Bertz CT molecular complexity index is 1030. The molecule has 0 bridgehead atoms. The van der Waals surface area contributed by atoms with Gasteiger partial charge in [0.2, 0.25) is 0 Å². The molecule has 122 valence electrons. The SMILES string of the molecule is Cc1cc2cc(C(=O)Nc3[nH]cnc3C(=O)O)c(=O)oc2cc1C. The van der Waals surface area contributed by atoms with Gasteiger partial charge in [-0.05, 0) is 43.2 Å². The fourth-order valence-corrected chi connectivity index (χ4v) is 2.27. The molecule has 0 fully saturated rings. The van der Waals surface area contributed by atoms with Crippen molar-refractivity contribution in [3.05, 3.63) is 57.3 Å². The Morgan fingerprint density at radius 2 is 1.92 bits per heavy atom. The Balaban J connectivity index is 2.02. The van der Waals surface area contributed by atoms with Crippen LogP contribution in [0.15, 0.2) is 33.7 Å². The molecule has 3 rings (SSSR count). The van der Waals surface area contributed by atoms with E-state index in [1.165, 1.54) is 6.07 Å². The number of aryl methyl sites for hydroxylation is 2. The summed E-state index contributed by atoms with van der Waals surface area (Å²) in [6, 6.07) is 4.95. The number of anilines is 1. The highest BCUT2D eigenvalue weighted by molar-refractivity contribution is 6.07. The molecule has 0 aliphatic heterocycles. The molecule has 0 saturated heterocycles. The minimum atomic E-state index is -1.30. The highest BCUT2D eigenvalue weighted by Crippen LogP contribution is 2.19. The van der Waals surface area contributed by atoms with E-state index in [2.05, 4.69) is 15.3 Å². The van der Waals surface area contributed by atoms with Gasteiger partial charge in [0.1, 0.15) is 17.0 Å². The summed E-state index contributed by atoms with van der Waals surface area (Å²) in [6.45, 7) is 3.80. The monoisotopic (exact) mass is 327 g/mol. The standard InChI is InChI=1S/C16H13N3O5/c1-7-3-9-5-10(16(23)24-11(9)4-8(7)2)14(20)19-13-12(15(21)22)17-6-18-13/h3-6H,1-2H3,(H,17,18)(H,19,20)(H,21,22). The quantitative estimate of drug-likeness (QED) is 0.632. The molecule has 0 saturated carbocycles. The molecule has 1 aromatic carbocycles. The number of carbonyl (C=O) groups excluding carboxylic acids is 1. The highest BCUT2D eigenvalue weighted by Gasteiger charge is 2.19. The maximum absolute atomic E-state index is 12.3. The van der Waals surface area contributed by atoms with Crippen molar-refractivity contribution in [1.82, 2.24) is 9.97 Å². The minimum Gasteiger partial charge on any atom is -0.476 e. The van der Waals surface area contributed by atoms with Gasteiger partial charge in [-0.2, -0.15) is 0 Å². The average molecular weight is 327 g/mol. The maximum atomic E-state index is 12.3. The lowest BCUT2D eigenvalue weighted by Gasteiger charge is -2.06. The van der Waals surface area contributed by atoms with Crippen LogP contribution in [0.2, 0.25) is 0 Å². The van der Waals surface area contributed by atoms with Gasteiger partial charge in [-0.25, -0.2) is 14.6 Å². The topological polar surface area (TPSA) is 125 Å². The number of benzene rings is 1. The second kappa shape index (κ2) is 5.65.